The number of hydrogen-bond acceptors (Lipinski definition) is 5. The maximum absolute atomic E-state index is 12.8. The lowest BCUT2D eigenvalue weighted by Crippen LogP contribution is -2.38. The van der Waals surface area contributed by atoms with Crippen LogP contribution in [0.15, 0.2) is 43.7 Å². The van der Waals surface area contributed by atoms with E-state index in [0.717, 1.165) is 20.2 Å². The van der Waals surface area contributed by atoms with Crippen LogP contribution in [0.5, 0.6) is 0 Å². The number of thiophene rings is 2. The summed E-state index contributed by atoms with van der Waals surface area (Å²) in [4.78, 5) is 26.7. The molecule has 0 spiro atoms. The van der Waals surface area contributed by atoms with Crippen LogP contribution in [0, 0.1) is 5.92 Å². The van der Waals surface area contributed by atoms with Crippen LogP contribution >= 0.6 is 38.6 Å². The van der Waals surface area contributed by atoms with Gasteiger partial charge in [-0.2, -0.15) is 0 Å². The summed E-state index contributed by atoms with van der Waals surface area (Å²) in [6, 6.07) is 7.92. The Morgan fingerprint density at radius 2 is 1.93 bits per heavy atom. The Morgan fingerprint density at radius 3 is 2.64 bits per heavy atom. The third-order valence-corrected chi connectivity index (χ3v) is 8.07. The average Bonchev–Trinajstić information content (AvgIpc) is 3.24. The average molecular weight is 479 g/mol. The number of hydrogen-bond donors (Lipinski definition) is 1. The van der Waals surface area contributed by atoms with E-state index in [1.807, 2.05) is 43.5 Å². The van der Waals surface area contributed by atoms with Crippen molar-refractivity contribution in [2.24, 2.45) is 13.0 Å². The second-order valence-electron chi connectivity index (χ2n) is 7.20. The molecular formula is C20H19BrN2O3S2. The molecule has 0 aliphatic rings. The van der Waals surface area contributed by atoms with Crippen LogP contribution in [0.25, 0.3) is 20.3 Å². The lowest BCUT2D eigenvalue weighted by atomic mass is 10.1. The molecule has 3 aromatic heterocycles. The van der Waals surface area contributed by atoms with Crippen molar-refractivity contribution in [3.8, 4) is 0 Å². The number of nitrogens with zero attached hydrogens (tertiary/aromatic N) is 2. The molecule has 0 radical (unpaired) electrons. The third kappa shape index (κ3) is 2.99. The Hall–Kier alpha value is -1.74. The molecule has 4 aromatic rings. The first-order valence-corrected chi connectivity index (χ1v) is 11.4. The van der Waals surface area contributed by atoms with E-state index < -0.39 is 6.10 Å². The van der Waals surface area contributed by atoms with E-state index in [2.05, 4.69) is 15.9 Å². The Labute approximate surface area is 177 Å². The van der Waals surface area contributed by atoms with Gasteiger partial charge in [0, 0.05) is 28.3 Å². The largest absolute Gasteiger partial charge is 0.383 e. The summed E-state index contributed by atoms with van der Waals surface area (Å²) in [6.07, 6.45) is -0.879. The fourth-order valence-electron chi connectivity index (χ4n) is 3.37. The Balaban J connectivity index is 1.98. The molecule has 0 bridgehead atoms. The van der Waals surface area contributed by atoms with E-state index in [4.69, 9.17) is 0 Å². The van der Waals surface area contributed by atoms with Crippen LogP contribution in [0.4, 0.5) is 0 Å². The van der Waals surface area contributed by atoms with E-state index in [0.29, 0.717) is 26.1 Å². The molecule has 146 valence electrons. The molecule has 3 heterocycles. The van der Waals surface area contributed by atoms with E-state index in [9.17, 15) is 14.7 Å². The van der Waals surface area contributed by atoms with Crippen molar-refractivity contribution in [1.29, 1.82) is 0 Å². The second-order valence-corrected chi connectivity index (χ2v) is 9.94. The summed E-state index contributed by atoms with van der Waals surface area (Å²) in [7, 11) is 1.49. The maximum atomic E-state index is 12.8. The van der Waals surface area contributed by atoms with Gasteiger partial charge in [0.2, 0.25) is 0 Å². The zero-order valence-electron chi connectivity index (χ0n) is 15.6. The van der Waals surface area contributed by atoms with Crippen molar-refractivity contribution in [3.05, 3.63) is 65.4 Å². The summed E-state index contributed by atoms with van der Waals surface area (Å²) < 4.78 is 4.44. The fourth-order valence-corrected chi connectivity index (χ4v) is 6.49. The molecule has 0 fully saturated rings. The van der Waals surface area contributed by atoms with E-state index in [-0.39, 0.29) is 17.2 Å². The van der Waals surface area contributed by atoms with Gasteiger partial charge in [-0.15, -0.1) is 22.7 Å². The van der Waals surface area contributed by atoms with Crippen LogP contribution in [-0.2, 0) is 13.6 Å². The van der Waals surface area contributed by atoms with Crippen LogP contribution < -0.4 is 11.2 Å². The first-order valence-electron chi connectivity index (χ1n) is 8.87. The van der Waals surface area contributed by atoms with Crippen molar-refractivity contribution in [2.45, 2.75) is 26.5 Å². The van der Waals surface area contributed by atoms with Crippen LogP contribution in [0.2, 0.25) is 0 Å². The van der Waals surface area contributed by atoms with Gasteiger partial charge in [-0.3, -0.25) is 13.9 Å². The smallest absolute Gasteiger partial charge is 0.331 e. The Morgan fingerprint density at radius 1 is 1.21 bits per heavy atom. The number of fused-ring (bicyclic) bond motifs is 2. The molecule has 1 N–H and O–H groups in total. The van der Waals surface area contributed by atoms with Crippen molar-refractivity contribution < 1.29 is 5.11 Å². The predicted octanol–water partition coefficient (Wildman–Crippen LogP) is 4.48. The summed E-state index contributed by atoms with van der Waals surface area (Å²) in [5.74, 6) is 0.244. The first kappa shape index (κ1) is 19.6. The number of aromatic nitrogens is 2. The topological polar surface area (TPSA) is 64.2 Å². The maximum Gasteiger partial charge on any atom is 0.331 e. The molecule has 0 saturated heterocycles. The molecule has 5 nitrogen and oxygen atoms in total. The van der Waals surface area contributed by atoms with Crippen LogP contribution in [0.1, 0.15) is 30.4 Å². The van der Waals surface area contributed by atoms with Gasteiger partial charge in [0.1, 0.15) is 10.9 Å². The van der Waals surface area contributed by atoms with Crippen molar-refractivity contribution in [1.82, 2.24) is 9.13 Å². The minimum Gasteiger partial charge on any atom is -0.383 e. The quantitative estimate of drug-likeness (QED) is 0.470. The zero-order chi connectivity index (χ0) is 20.2. The lowest BCUT2D eigenvalue weighted by molar-refractivity contribution is 0.225. The van der Waals surface area contributed by atoms with E-state index in [1.54, 1.807) is 15.9 Å². The Kier molecular flexibility index (Phi) is 5.07. The molecule has 0 saturated carbocycles. The summed E-state index contributed by atoms with van der Waals surface area (Å²) in [5.41, 5.74) is 0.126. The summed E-state index contributed by atoms with van der Waals surface area (Å²) >= 11 is 6.42. The van der Waals surface area contributed by atoms with Gasteiger partial charge >= 0.3 is 5.69 Å². The highest BCUT2D eigenvalue weighted by Crippen LogP contribution is 2.42. The highest BCUT2D eigenvalue weighted by Gasteiger charge is 2.26. The number of aliphatic hydroxyl groups excluding tert-OH is 1. The molecule has 1 aromatic carbocycles. The lowest BCUT2D eigenvalue weighted by Gasteiger charge is -2.11. The predicted molar refractivity (Wildman–Crippen MR) is 120 cm³/mol. The van der Waals surface area contributed by atoms with Crippen molar-refractivity contribution in [3.63, 3.8) is 0 Å². The van der Waals surface area contributed by atoms with Crippen molar-refractivity contribution >= 4 is 58.9 Å². The highest BCUT2D eigenvalue weighted by atomic mass is 79.9. The number of benzene rings is 1. The van der Waals surface area contributed by atoms with Gasteiger partial charge in [0.05, 0.1) is 10.3 Å². The van der Waals surface area contributed by atoms with Crippen LogP contribution in [0.3, 0.4) is 0 Å². The monoisotopic (exact) mass is 478 g/mol. The normalized spacial score (nSPS) is 13.1. The SMILES string of the molecule is CC(C)Cn1c(=O)n(C)c(=O)c2c(Br)c(C(O)c3csc4ccccc34)sc21. The molecule has 4 rings (SSSR count). The molecular weight excluding hydrogens is 460 g/mol. The first-order chi connectivity index (χ1) is 13.3. The molecule has 28 heavy (non-hydrogen) atoms. The standard InChI is InChI=1S/C20H19BrN2O3S2/c1-10(2)8-23-19-14(18(25)22(3)20(23)26)15(21)17(28-19)16(24)12-9-27-13-7-5-4-6-11(12)13/h4-7,9-10,16,24H,8H2,1-3H3. The Bertz CT molecular complexity index is 1310. The van der Waals surface area contributed by atoms with Crippen LogP contribution in [-0.4, -0.2) is 14.2 Å². The molecule has 1 unspecified atom stereocenters. The van der Waals surface area contributed by atoms with Gasteiger partial charge in [-0.05, 0) is 38.7 Å². The zero-order valence-corrected chi connectivity index (χ0v) is 18.8. The highest BCUT2D eigenvalue weighted by molar-refractivity contribution is 9.10. The van der Waals surface area contributed by atoms with Crippen molar-refractivity contribution in [2.75, 3.05) is 0 Å². The van der Waals surface area contributed by atoms with Gasteiger partial charge in [0.15, 0.2) is 0 Å². The molecule has 8 heteroatoms. The number of rotatable bonds is 4. The number of halogens is 1. The van der Waals surface area contributed by atoms with Gasteiger partial charge in [-0.25, -0.2) is 4.79 Å². The fraction of sp³-hybridized carbons (Fsp3) is 0.300. The summed E-state index contributed by atoms with van der Waals surface area (Å²) in [6.45, 7) is 4.56. The minimum absolute atomic E-state index is 0.244. The van der Waals surface area contributed by atoms with Gasteiger partial charge < -0.3 is 5.11 Å². The van der Waals surface area contributed by atoms with Gasteiger partial charge in [0.25, 0.3) is 5.56 Å². The van der Waals surface area contributed by atoms with Gasteiger partial charge in [-0.1, -0.05) is 32.0 Å². The molecule has 0 aliphatic carbocycles. The van der Waals surface area contributed by atoms with E-state index >= 15 is 0 Å². The molecule has 1 atom stereocenters. The minimum atomic E-state index is -0.879. The van der Waals surface area contributed by atoms with E-state index in [1.165, 1.54) is 18.4 Å². The summed E-state index contributed by atoms with van der Waals surface area (Å²) in [5, 5.41) is 14.5. The molecule has 0 amide bonds. The molecule has 0 aliphatic heterocycles. The number of aliphatic hydroxyl groups is 1. The second kappa shape index (κ2) is 7.26. The third-order valence-electron chi connectivity index (χ3n) is 4.74.